The first kappa shape index (κ1) is 16.1. The van der Waals surface area contributed by atoms with Crippen LogP contribution in [0.5, 0.6) is 0 Å². The molecule has 0 N–H and O–H groups in total. The van der Waals surface area contributed by atoms with Gasteiger partial charge < -0.3 is 4.90 Å². The van der Waals surface area contributed by atoms with Crippen LogP contribution in [0.2, 0.25) is 5.02 Å². The van der Waals surface area contributed by atoms with Gasteiger partial charge in [0.05, 0.1) is 0 Å². The molecule has 0 saturated carbocycles. The third kappa shape index (κ3) is 2.12. The predicted octanol–water partition coefficient (Wildman–Crippen LogP) is 4.26. The fourth-order valence-corrected chi connectivity index (χ4v) is 4.54. The number of likely N-dealkylation sites (N-methyl/N-ethyl adjacent to an activating group) is 1. The molecule has 126 valence electrons. The van der Waals surface area contributed by atoms with Crippen LogP contribution in [0.25, 0.3) is 0 Å². The first-order chi connectivity index (χ1) is 12.0. The molecule has 2 aromatic carbocycles. The lowest BCUT2D eigenvalue weighted by atomic mass is 9.60. The summed E-state index contributed by atoms with van der Waals surface area (Å²) in [6.45, 7) is 1.90. The highest BCUT2D eigenvalue weighted by atomic mass is 35.5. The quantitative estimate of drug-likeness (QED) is 0.770. The van der Waals surface area contributed by atoms with Crippen molar-refractivity contribution < 1.29 is 9.59 Å². The Labute approximate surface area is 151 Å². The Hall–Kier alpha value is -2.39. The second-order valence-corrected chi connectivity index (χ2v) is 7.23. The van der Waals surface area contributed by atoms with Gasteiger partial charge in [0.1, 0.15) is 5.41 Å². The molecular weight excluding hydrogens is 334 g/mol. The number of halogens is 1. The van der Waals surface area contributed by atoms with Crippen molar-refractivity contribution in [3.05, 3.63) is 76.3 Å². The van der Waals surface area contributed by atoms with Gasteiger partial charge in [-0.05, 0) is 47.9 Å². The Morgan fingerprint density at radius 1 is 1.08 bits per heavy atom. The van der Waals surface area contributed by atoms with Gasteiger partial charge in [0.15, 0.2) is 5.78 Å². The van der Waals surface area contributed by atoms with Gasteiger partial charge in [0.25, 0.3) is 0 Å². The van der Waals surface area contributed by atoms with E-state index < -0.39 is 5.41 Å². The normalized spacial score (nSPS) is 25.3. The minimum Gasteiger partial charge on any atom is -0.314 e. The van der Waals surface area contributed by atoms with Gasteiger partial charge in [-0.2, -0.15) is 0 Å². The van der Waals surface area contributed by atoms with E-state index in [0.717, 1.165) is 22.4 Å². The predicted molar refractivity (Wildman–Crippen MR) is 99.1 cm³/mol. The minimum absolute atomic E-state index is 0.0231. The number of nitrogens with zero attached hydrogens (tertiary/aromatic N) is 1. The average molecular weight is 352 g/mol. The van der Waals surface area contributed by atoms with E-state index in [1.165, 1.54) is 0 Å². The van der Waals surface area contributed by atoms with Crippen LogP contribution in [-0.4, -0.2) is 18.7 Å². The molecule has 0 bridgehead atoms. The number of fused-ring (bicyclic) bond motifs is 2. The summed E-state index contributed by atoms with van der Waals surface area (Å²) in [4.78, 5) is 27.5. The molecule has 4 heteroatoms. The fourth-order valence-electron chi connectivity index (χ4n) is 4.41. The summed E-state index contributed by atoms with van der Waals surface area (Å²) < 4.78 is 0. The number of hydrogen-bond acceptors (Lipinski definition) is 2. The summed E-state index contributed by atoms with van der Waals surface area (Å²) in [5.74, 6) is -0.154. The fraction of sp³-hybridized carbons (Fsp3) is 0.238. The highest BCUT2D eigenvalue weighted by molar-refractivity contribution is 6.30. The van der Waals surface area contributed by atoms with Crippen LogP contribution in [0.15, 0.2) is 60.2 Å². The van der Waals surface area contributed by atoms with Crippen LogP contribution in [0.4, 0.5) is 5.69 Å². The third-order valence-electron chi connectivity index (χ3n) is 5.53. The maximum atomic E-state index is 13.5. The number of para-hydroxylation sites is 1. The lowest BCUT2D eigenvalue weighted by Gasteiger charge is -2.40. The van der Waals surface area contributed by atoms with Gasteiger partial charge in [-0.1, -0.05) is 41.9 Å². The number of amides is 1. The standard InChI is InChI=1S/C21H18ClNO2/c1-13-11-16(24)12-18(14-7-9-15(22)10-8-14)21(13)17-5-3-4-6-19(17)23(2)20(21)25/h3-11,18H,12H2,1-2H3/t18-,21+/m1/s1. The van der Waals surface area contributed by atoms with Crippen molar-refractivity contribution in [2.75, 3.05) is 11.9 Å². The molecule has 0 fully saturated rings. The molecular formula is C21H18ClNO2. The zero-order valence-corrected chi connectivity index (χ0v) is 14.9. The number of carbonyl (C=O) groups excluding carboxylic acids is 2. The van der Waals surface area contributed by atoms with Gasteiger partial charge >= 0.3 is 0 Å². The summed E-state index contributed by atoms with van der Waals surface area (Å²) in [7, 11) is 1.80. The number of rotatable bonds is 1. The monoisotopic (exact) mass is 351 g/mol. The van der Waals surface area contributed by atoms with Crippen molar-refractivity contribution in [3.63, 3.8) is 0 Å². The molecule has 2 atom stereocenters. The van der Waals surface area contributed by atoms with E-state index in [2.05, 4.69) is 0 Å². The zero-order valence-electron chi connectivity index (χ0n) is 14.1. The topological polar surface area (TPSA) is 37.4 Å². The van der Waals surface area contributed by atoms with Crippen LogP contribution < -0.4 is 4.90 Å². The lowest BCUT2D eigenvalue weighted by molar-refractivity contribution is -0.123. The van der Waals surface area contributed by atoms with Gasteiger partial charge in [-0.15, -0.1) is 0 Å². The molecule has 4 rings (SSSR count). The molecule has 2 aliphatic rings. The highest BCUT2D eigenvalue weighted by Gasteiger charge is 2.57. The number of benzene rings is 2. The molecule has 1 aliphatic carbocycles. The molecule has 1 heterocycles. The third-order valence-corrected chi connectivity index (χ3v) is 5.78. The van der Waals surface area contributed by atoms with E-state index in [1.807, 2.05) is 55.5 Å². The van der Waals surface area contributed by atoms with Gasteiger partial charge in [0.2, 0.25) is 5.91 Å². The lowest BCUT2D eigenvalue weighted by Crippen LogP contribution is -2.47. The molecule has 3 nitrogen and oxygen atoms in total. The van der Waals surface area contributed by atoms with Crippen LogP contribution in [0.1, 0.15) is 30.4 Å². The first-order valence-corrected chi connectivity index (χ1v) is 8.68. The van der Waals surface area contributed by atoms with Crippen LogP contribution in [-0.2, 0) is 15.0 Å². The van der Waals surface area contributed by atoms with Gasteiger partial charge in [0, 0.05) is 30.1 Å². The number of hydrogen-bond donors (Lipinski definition) is 0. The van der Waals surface area contributed by atoms with Gasteiger partial charge in [-0.25, -0.2) is 0 Å². The molecule has 0 radical (unpaired) electrons. The molecule has 2 aromatic rings. The van der Waals surface area contributed by atoms with Crippen LogP contribution in [0, 0.1) is 0 Å². The molecule has 0 aromatic heterocycles. The van der Waals surface area contributed by atoms with Crippen LogP contribution >= 0.6 is 11.6 Å². The second kappa shape index (κ2) is 5.57. The van der Waals surface area contributed by atoms with Crippen molar-refractivity contribution in [2.45, 2.75) is 24.7 Å². The Bertz CT molecular complexity index is 916. The highest BCUT2D eigenvalue weighted by Crippen LogP contribution is 2.56. The molecule has 0 saturated heterocycles. The number of carbonyl (C=O) groups is 2. The Morgan fingerprint density at radius 2 is 1.76 bits per heavy atom. The minimum atomic E-state index is -0.826. The van der Waals surface area contributed by atoms with E-state index in [4.69, 9.17) is 11.6 Å². The maximum absolute atomic E-state index is 13.5. The SMILES string of the molecule is CC1=CC(=O)C[C@H](c2ccc(Cl)cc2)[C@]12C(=O)N(C)c1ccccc12. The Balaban J connectivity index is 2.01. The van der Waals surface area contributed by atoms with Gasteiger partial charge in [-0.3, -0.25) is 9.59 Å². The average Bonchev–Trinajstić information content (AvgIpc) is 2.82. The number of anilines is 1. The molecule has 1 amide bonds. The molecule has 25 heavy (non-hydrogen) atoms. The number of ketones is 1. The van der Waals surface area contributed by atoms with E-state index >= 15 is 0 Å². The Kier molecular flexibility index (Phi) is 3.58. The largest absolute Gasteiger partial charge is 0.314 e. The molecule has 0 unspecified atom stereocenters. The zero-order chi connectivity index (χ0) is 17.8. The van der Waals surface area contributed by atoms with Crippen molar-refractivity contribution >= 4 is 29.0 Å². The van der Waals surface area contributed by atoms with E-state index in [0.29, 0.717) is 11.4 Å². The Morgan fingerprint density at radius 3 is 2.48 bits per heavy atom. The van der Waals surface area contributed by atoms with E-state index in [9.17, 15) is 9.59 Å². The first-order valence-electron chi connectivity index (χ1n) is 8.31. The summed E-state index contributed by atoms with van der Waals surface area (Å²) in [6.07, 6.45) is 1.95. The van der Waals surface area contributed by atoms with E-state index in [1.54, 1.807) is 18.0 Å². The summed E-state index contributed by atoms with van der Waals surface area (Å²) >= 11 is 6.04. The summed E-state index contributed by atoms with van der Waals surface area (Å²) in [6, 6.07) is 15.3. The van der Waals surface area contributed by atoms with Crippen molar-refractivity contribution in [3.8, 4) is 0 Å². The second-order valence-electron chi connectivity index (χ2n) is 6.79. The maximum Gasteiger partial charge on any atom is 0.242 e. The smallest absolute Gasteiger partial charge is 0.242 e. The number of allylic oxidation sites excluding steroid dienone is 1. The molecule has 1 spiro atoms. The van der Waals surface area contributed by atoms with Crippen molar-refractivity contribution in [1.29, 1.82) is 0 Å². The molecule has 1 aliphatic heterocycles. The van der Waals surface area contributed by atoms with Crippen molar-refractivity contribution in [2.24, 2.45) is 0 Å². The van der Waals surface area contributed by atoms with Crippen molar-refractivity contribution in [1.82, 2.24) is 0 Å². The van der Waals surface area contributed by atoms with Crippen LogP contribution in [0.3, 0.4) is 0 Å². The summed E-state index contributed by atoms with van der Waals surface area (Å²) in [5.41, 5.74) is 2.83. The summed E-state index contributed by atoms with van der Waals surface area (Å²) in [5, 5.41) is 0.641. The van der Waals surface area contributed by atoms with E-state index in [-0.39, 0.29) is 17.6 Å².